The second-order valence-corrected chi connectivity index (χ2v) is 3.74. The van der Waals surface area contributed by atoms with Gasteiger partial charge in [0, 0.05) is 12.4 Å². The number of anilines is 1. The lowest BCUT2D eigenvalue weighted by Crippen LogP contribution is -2.14. The molecule has 7 heteroatoms. The van der Waals surface area contributed by atoms with Crippen LogP contribution < -0.4 is 5.32 Å². The second kappa shape index (κ2) is 5.58. The fourth-order valence-corrected chi connectivity index (χ4v) is 1.37. The van der Waals surface area contributed by atoms with E-state index in [1.165, 1.54) is 30.5 Å². The van der Waals surface area contributed by atoms with E-state index in [0.717, 1.165) is 6.20 Å². The summed E-state index contributed by atoms with van der Waals surface area (Å²) in [5.74, 6) is -1.37. The van der Waals surface area contributed by atoms with Crippen LogP contribution in [0.15, 0.2) is 36.7 Å². The fourth-order valence-electron chi connectivity index (χ4n) is 1.37. The maximum Gasteiger partial charge on any atom is 0.337 e. The first-order valence-corrected chi connectivity index (χ1v) is 5.47. The first kappa shape index (κ1) is 13.2. The maximum absolute atomic E-state index is 11.8. The Morgan fingerprint density at radius 2 is 1.95 bits per heavy atom. The van der Waals surface area contributed by atoms with Crippen LogP contribution in [0.25, 0.3) is 0 Å². The topological polar surface area (TPSA) is 116 Å². The molecule has 2 heterocycles. The Morgan fingerprint density at radius 3 is 2.45 bits per heavy atom. The Balaban J connectivity index is 2.10. The average molecular weight is 268 g/mol. The van der Waals surface area contributed by atoms with E-state index in [-0.39, 0.29) is 17.1 Å². The van der Waals surface area contributed by atoms with E-state index in [9.17, 15) is 9.59 Å². The van der Waals surface area contributed by atoms with E-state index in [1.54, 1.807) is 0 Å². The van der Waals surface area contributed by atoms with Crippen LogP contribution in [0.1, 0.15) is 26.4 Å². The molecule has 0 atom stereocenters. The molecule has 0 spiro atoms. The standard InChI is InChI=1S/C13H8N4O3/c14-5-8-1-3-10(15-6-8)12(18)17-11-4-2-9(7-16-11)13(19)20/h1-4,6-7H,(H,19,20)(H,16,17,18). The summed E-state index contributed by atoms with van der Waals surface area (Å²) in [6.45, 7) is 0. The highest BCUT2D eigenvalue weighted by Crippen LogP contribution is 2.07. The molecule has 0 unspecified atom stereocenters. The molecule has 2 N–H and O–H groups in total. The van der Waals surface area contributed by atoms with E-state index in [4.69, 9.17) is 10.4 Å². The number of nitrogens with zero attached hydrogens (tertiary/aromatic N) is 3. The van der Waals surface area contributed by atoms with Crippen molar-refractivity contribution in [2.24, 2.45) is 0 Å². The number of aromatic nitrogens is 2. The van der Waals surface area contributed by atoms with Gasteiger partial charge in [0.25, 0.3) is 5.91 Å². The summed E-state index contributed by atoms with van der Waals surface area (Å²) in [7, 11) is 0. The van der Waals surface area contributed by atoms with Crippen LogP contribution in [0.2, 0.25) is 0 Å². The summed E-state index contributed by atoms with van der Waals surface area (Å²) >= 11 is 0. The summed E-state index contributed by atoms with van der Waals surface area (Å²) in [6.07, 6.45) is 2.43. The van der Waals surface area contributed by atoms with Gasteiger partial charge in [0.05, 0.1) is 11.1 Å². The van der Waals surface area contributed by atoms with Crippen LogP contribution in [0.4, 0.5) is 5.82 Å². The van der Waals surface area contributed by atoms with Gasteiger partial charge in [-0.3, -0.25) is 4.79 Å². The number of carboxylic acids is 1. The molecule has 0 saturated heterocycles. The molecule has 0 radical (unpaired) electrons. The molecule has 1 amide bonds. The number of carbonyl (C=O) groups excluding carboxylic acids is 1. The van der Waals surface area contributed by atoms with Crippen LogP contribution in [-0.4, -0.2) is 27.0 Å². The Bertz CT molecular complexity index is 687. The van der Waals surface area contributed by atoms with Crippen LogP contribution in [0, 0.1) is 11.3 Å². The molecule has 0 fully saturated rings. The van der Waals surface area contributed by atoms with Crippen molar-refractivity contribution in [1.82, 2.24) is 9.97 Å². The Morgan fingerprint density at radius 1 is 1.15 bits per heavy atom. The third kappa shape index (κ3) is 2.94. The predicted molar refractivity (Wildman–Crippen MR) is 68.1 cm³/mol. The fraction of sp³-hybridized carbons (Fsp3) is 0. The third-order valence-corrected chi connectivity index (χ3v) is 2.38. The minimum Gasteiger partial charge on any atom is -0.478 e. The lowest BCUT2D eigenvalue weighted by atomic mass is 10.2. The molecule has 0 aliphatic rings. The summed E-state index contributed by atoms with van der Waals surface area (Å²) in [5.41, 5.74) is 0.512. The van der Waals surface area contributed by atoms with Crippen molar-refractivity contribution < 1.29 is 14.7 Å². The van der Waals surface area contributed by atoms with Crippen LogP contribution >= 0.6 is 0 Å². The number of nitriles is 1. The number of nitrogens with one attached hydrogen (secondary N) is 1. The van der Waals surface area contributed by atoms with Crippen molar-refractivity contribution in [3.8, 4) is 6.07 Å². The lowest BCUT2D eigenvalue weighted by Gasteiger charge is -2.03. The SMILES string of the molecule is N#Cc1ccc(C(=O)Nc2ccc(C(=O)O)cn2)nc1. The van der Waals surface area contributed by atoms with Crippen molar-refractivity contribution in [2.75, 3.05) is 5.32 Å². The van der Waals surface area contributed by atoms with Gasteiger partial charge in [-0.1, -0.05) is 0 Å². The van der Waals surface area contributed by atoms with E-state index >= 15 is 0 Å². The summed E-state index contributed by atoms with van der Waals surface area (Å²) < 4.78 is 0. The number of rotatable bonds is 3. The third-order valence-electron chi connectivity index (χ3n) is 2.38. The van der Waals surface area contributed by atoms with Gasteiger partial charge in [0.2, 0.25) is 0 Å². The Kier molecular flexibility index (Phi) is 3.67. The van der Waals surface area contributed by atoms with Crippen LogP contribution in [-0.2, 0) is 0 Å². The molecule has 98 valence electrons. The molecule has 2 aromatic rings. The van der Waals surface area contributed by atoms with Gasteiger partial charge in [-0.2, -0.15) is 5.26 Å². The van der Waals surface area contributed by atoms with Gasteiger partial charge in [-0.05, 0) is 24.3 Å². The minimum atomic E-state index is -1.09. The lowest BCUT2D eigenvalue weighted by molar-refractivity contribution is 0.0696. The van der Waals surface area contributed by atoms with Gasteiger partial charge < -0.3 is 10.4 Å². The van der Waals surface area contributed by atoms with E-state index < -0.39 is 11.9 Å². The van der Waals surface area contributed by atoms with Crippen LogP contribution in [0.3, 0.4) is 0 Å². The molecular weight excluding hydrogens is 260 g/mol. The van der Waals surface area contributed by atoms with Crippen molar-refractivity contribution in [1.29, 1.82) is 5.26 Å². The molecule has 20 heavy (non-hydrogen) atoms. The van der Waals surface area contributed by atoms with Gasteiger partial charge in [0.1, 0.15) is 17.6 Å². The molecule has 0 aliphatic heterocycles. The molecule has 0 aromatic carbocycles. The number of pyridine rings is 2. The molecule has 7 nitrogen and oxygen atoms in total. The number of carbonyl (C=O) groups is 2. The maximum atomic E-state index is 11.8. The zero-order valence-electron chi connectivity index (χ0n) is 10.1. The monoisotopic (exact) mass is 268 g/mol. The number of hydrogen-bond acceptors (Lipinski definition) is 5. The van der Waals surface area contributed by atoms with Crippen molar-refractivity contribution in [3.63, 3.8) is 0 Å². The Labute approximate surface area is 113 Å². The van der Waals surface area contributed by atoms with Gasteiger partial charge >= 0.3 is 5.97 Å². The van der Waals surface area contributed by atoms with Crippen molar-refractivity contribution in [2.45, 2.75) is 0 Å². The molecular formula is C13H8N4O3. The van der Waals surface area contributed by atoms with Crippen LogP contribution in [0.5, 0.6) is 0 Å². The predicted octanol–water partition coefficient (Wildman–Crippen LogP) is 1.30. The number of hydrogen-bond donors (Lipinski definition) is 2. The first-order valence-electron chi connectivity index (χ1n) is 5.47. The average Bonchev–Trinajstić information content (AvgIpc) is 2.48. The van der Waals surface area contributed by atoms with E-state index in [1.807, 2.05) is 6.07 Å². The highest BCUT2D eigenvalue weighted by molar-refractivity contribution is 6.02. The molecule has 0 bridgehead atoms. The zero-order chi connectivity index (χ0) is 14.5. The Hall–Kier alpha value is -3.27. The van der Waals surface area contributed by atoms with E-state index in [2.05, 4.69) is 15.3 Å². The first-order chi connectivity index (χ1) is 9.60. The normalized spacial score (nSPS) is 9.55. The zero-order valence-corrected chi connectivity index (χ0v) is 10.1. The van der Waals surface area contributed by atoms with Gasteiger partial charge in [-0.25, -0.2) is 14.8 Å². The second-order valence-electron chi connectivity index (χ2n) is 3.74. The summed E-state index contributed by atoms with van der Waals surface area (Å²) in [6, 6.07) is 7.50. The smallest absolute Gasteiger partial charge is 0.337 e. The number of amides is 1. The highest BCUT2D eigenvalue weighted by Gasteiger charge is 2.09. The number of aromatic carboxylic acids is 1. The summed E-state index contributed by atoms with van der Waals surface area (Å²) in [4.78, 5) is 30.1. The van der Waals surface area contributed by atoms with Gasteiger partial charge in [-0.15, -0.1) is 0 Å². The minimum absolute atomic E-state index is 0.0273. The molecule has 0 aliphatic carbocycles. The van der Waals surface area contributed by atoms with E-state index in [0.29, 0.717) is 5.56 Å². The van der Waals surface area contributed by atoms with Gasteiger partial charge in [0.15, 0.2) is 0 Å². The highest BCUT2D eigenvalue weighted by atomic mass is 16.4. The molecule has 2 aromatic heterocycles. The molecule has 2 rings (SSSR count). The van der Waals surface area contributed by atoms with Crippen molar-refractivity contribution >= 4 is 17.7 Å². The van der Waals surface area contributed by atoms with Crippen molar-refractivity contribution in [3.05, 3.63) is 53.5 Å². The number of carboxylic acid groups (broad SMARTS) is 1. The largest absolute Gasteiger partial charge is 0.478 e. The summed E-state index contributed by atoms with van der Waals surface area (Å²) in [5, 5.41) is 19.8. The molecule has 0 saturated carbocycles. The quantitative estimate of drug-likeness (QED) is 0.866.